The van der Waals surface area contributed by atoms with Crippen LogP contribution in [0.1, 0.15) is 57.9 Å². The van der Waals surface area contributed by atoms with Crippen molar-refractivity contribution in [3.63, 3.8) is 0 Å². The summed E-state index contributed by atoms with van der Waals surface area (Å²) in [6, 6.07) is -1.24. The molecule has 3 N–H and O–H groups in total. The van der Waals surface area contributed by atoms with E-state index in [1.54, 1.807) is 0 Å². The lowest BCUT2D eigenvalue weighted by atomic mass is 9.92. The molecule has 1 saturated carbocycles. The number of aliphatic hydroxyl groups is 2. The van der Waals surface area contributed by atoms with Crippen LogP contribution in [0.15, 0.2) is 15.9 Å². The summed E-state index contributed by atoms with van der Waals surface area (Å²) in [4.78, 5) is 70.4. The molecule has 1 aliphatic carbocycles. The second-order valence-corrected chi connectivity index (χ2v) is 11.3. The predicted molar refractivity (Wildman–Crippen MR) is 138 cm³/mol. The van der Waals surface area contributed by atoms with Crippen molar-refractivity contribution in [3.8, 4) is 0 Å². The molecule has 2 saturated heterocycles. The quantitative estimate of drug-likeness (QED) is 0.400. The van der Waals surface area contributed by atoms with E-state index in [0.29, 0.717) is 12.8 Å². The first kappa shape index (κ1) is 27.1. The number of β-amino-alcohol motifs (C(OH)–C–C–N with tert-alkyl or cyclic N) is 2. The second kappa shape index (κ2) is 9.59. The number of carbonyl (C=O) groups excluding carboxylic acids is 3. The van der Waals surface area contributed by atoms with Gasteiger partial charge in [-0.3, -0.25) is 28.4 Å². The molecule has 4 heterocycles. The molecule has 1 spiro atoms. The highest BCUT2D eigenvalue weighted by molar-refractivity contribution is 6.07. The lowest BCUT2D eigenvalue weighted by molar-refractivity contribution is -0.136. The first-order valence-electron chi connectivity index (χ1n) is 13.3. The molecule has 0 aromatic carbocycles. The maximum atomic E-state index is 13.1. The Kier molecular flexibility index (Phi) is 6.66. The highest BCUT2D eigenvalue weighted by atomic mass is 16.3. The minimum absolute atomic E-state index is 0.0220. The number of urea groups is 1. The fourth-order valence-electron chi connectivity index (χ4n) is 6.34. The molecule has 3 atom stereocenters. The van der Waals surface area contributed by atoms with E-state index in [4.69, 9.17) is 0 Å². The maximum absolute atomic E-state index is 13.1. The number of imide groups is 1. The number of fused-ring (bicyclic) bond motifs is 1. The Hall–Kier alpha value is -3.52. The molecule has 14 heteroatoms. The number of imidazole rings is 1. The van der Waals surface area contributed by atoms with Crippen molar-refractivity contribution in [3.05, 3.63) is 27.2 Å². The number of likely N-dealkylation sites (tertiary alicyclic amines) is 1. The molecule has 2 aliphatic heterocycles. The molecule has 0 radical (unpaired) electrons. The third-order valence-corrected chi connectivity index (χ3v) is 8.49. The average molecular weight is 546 g/mol. The van der Waals surface area contributed by atoms with Crippen LogP contribution in [0.2, 0.25) is 0 Å². The lowest BCUT2D eigenvalue weighted by Gasteiger charge is -2.34. The molecule has 39 heavy (non-hydrogen) atoms. The van der Waals surface area contributed by atoms with Crippen molar-refractivity contribution in [1.29, 1.82) is 0 Å². The summed E-state index contributed by atoms with van der Waals surface area (Å²) in [6.45, 7) is 1.49. The summed E-state index contributed by atoms with van der Waals surface area (Å²) in [5.41, 5.74) is -3.19. The normalized spacial score (nSPS) is 27.0. The first-order valence-corrected chi connectivity index (χ1v) is 13.3. The zero-order valence-electron chi connectivity index (χ0n) is 22.4. The summed E-state index contributed by atoms with van der Waals surface area (Å²) in [6.07, 6.45) is 3.71. The van der Waals surface area contributed by atoms with E-state index >= 15 is 0 Å². The van der Waals surface area contributed by atoms with E-state index in [0.717, 1.165) is 17.4 Å². The van der Waals surface area contributed by atoms with Gasteiger partial charge in [0.2, 0.25) is 5.91 Å². The molecule has 5 rings (SSSR count). The minimum atomic E-state index is -1.56. The van der Waals surface area contributed by atoms with E-state index in [9.17, 15) is 34.2 Å². The third-order valence-electron chi connectivity index (χ3n) is 8.49. The number of hydrogen-bond acceptors (Lipinski definition) is 8. The number of nitrogens with one attached hydrogen (secondary N) is 1. The van der Waals surface area contributed by atoms with Gasteiger partial charge in [-0.2, -0.15) is 0 Å². The van der Waals surface area contributed by atoms with Gasteiger partial charge in [-0.1, -0.05) is 12.8 Å². The summed E-state index contributed by atoms with van der Waals surface area (Å²) >= 11 is 0. The van der Waals surface area contributed by atoms with Crippen LogP contribution in [0.25, 0.3) is 11.2 Å². The Morgan fingerprint density at radius 1 is 1.15 bits per heavy atom. The Morgan fingerprint density at radius 3 is 2.54 bits per heavy atom. The van der Waals surface area contributed by atoms with Crippen LogP contribution >= 0.6 is 0 Å². The van der Waals surface area contributed by atoms with Crippen LogP contribution in [0.3, 0.4) is 0 Å². The van der Waals surface area contributed by atoms with Crippen LogP contribution in [0, 0.1) is 0 Å². The van der Waals surface area contributed by atoms with Gasteiger partial charge in [0, 0.05) is 33.6 Å². The number of nitrogens with zero attached hydrogens (tertiary/aromatic N) is 6. The number of aromatic nitrogens is 4. The van der Waals surface area contributed by atoms with Crippen LogP contribution < -0.4 is 16.6 Å². The number of aryl methyl sites for hydroxylation is 1. The Labute approximate surface area is 223 Å². The van der Waals surface area contributed by atoms with Crippen LogP contribution in [0.4, 0.5) is 4.79 Å². The number of hydrogen-bond donors (Lipinski definition) is 3. The average Bonchev–Trinajstić information content (AvgIpc) is 3.57. The summed E-state index contributed by atoms with van der Waals surface area (Å²) in [5, 5.41) is 25.1. The largest absolute Gasteiger partial charge is 0.391 e. The van der Waals surface area contributed by atoms with Gasteiger partial charge >= 0.3 is 11.7 Å². The monoisotopic (exact) mass is 545 g/mol. The summed E-state index contributed by atoms with van der Waals surface area (Å²) in [5.74, 6) is -0.559. The number of rotatable bonds is 5. The maximum Gasteiger partial charge on any atom is 0.332 e. The van der Waals surface area contributed by atoms with E-state index < -0.39 is 40.6 Å². The summed E-state index contributed by atoms with van der Waals surface area (Å²) in [7, 11) is 2.85. The Morgan fingerprint density at radius 2 is 1.85 bits per heavy atom. The fourth-order valence-corrected chi connectivity index (χ4v) is 6.34. The highest BCUT2D eigenvalue weighted by Gasteiger charge is 2.52. The topological polar surface area (TPSA) is 172 Å². The van der Waals surface area contributed by atoms with Crippen molar-refractivity contribution in [2.24, 2.45) is 14.1 Å². The second-order valence-electron chi connectivity index (χ2n) is 11.3. The van der Waals surface area contributed by atoms with Crippen LogP contribution in [-0.2, 0) is 23.7 Å². The lowest BCUT2D eigenvalue weighted by Crippen LogP contribution is -2.47. The predicted octanol–water partition coefficient (Wildman–Crippen LogP) is -1.04. The number of amides is 4. The molecule has 0 bridgehead atoms. The molecule has 3 fully saturated rings. The van der Waals surface area contributed by atoms with Crippen molar-refractivity contribution in [2.45, 2.75) is 75.2 Å². The minimum Gasteiger partial charge on any atom is -0.391 e. The van der Waals surface area contributed by atoms with E-state index in [1.165, 1.54) is 46.3 Å². The van der Waals surface area contributed by atoms with Gasteiger partial charge in [0.05, 0.1) is 25.0 Å². The van der Waals surface area contributed by atoms with Crippen LogP contribution in [-0.4, -0.2) is 93.4 Å². The number of carbonyl (C=O) groups is 3. The Bertz CT molecular complexity index is 1450. The van der Waals surface area contributed by atoms with E-state index in [1.807, 2.05) is 0 Å². The molecule has 14 nitrogen and oxygen atoms in total. The Balaban J connectivity index is 1.30. The molecule has 0 unspecified atom stereocenters. The molecule has 4 amide bonds. The molecule has 2 aromatic heterocycles. The van der Waals surface area contributed by atoms with Crippen LogP contribution in [0.5, 0.6) is 0 Å². The third kappa shape index (κ3) is 4.44. The fraction of sp³-hybridized carbons (Fsp3) is 0.680. The van der Waals surface area contributed by atoms with E-state index in [-0.39, 0.29) is 61.9 Å². The van der Waals surface area contributed by atoms with Gasteiger partial charge in [0.1, 0.15) is 11.1 Å². The van der Waals surface area contributed by atoms with Crippen molar-refractivity contribution in [1.82, 2.24) is 33.8 Å². The van der Waals surface area contributed by atoms with Crippen molar-refractivity contribution >= 4 is 29.0 Å². The SMILES string of the molecule is Cn1c(=O)c2c(ncn2[C@@H]2C[C@@H](O)CN(C(=O)CCCN3C(=O)NC4(CCCC4)C3=O)C[C@@]2(C)O)n(C)c1=O. The van der Waals surface area contributed by atoms with Gasteiger partial charge in [0.25, 0.3) is 11.5 Å². The molecule has 3 aliphatic rings. The standard InChI is InChI=1S/C25H35N7O7/c1-24(39)13-30(17(34)7-6-10-31-21(36)25(27-22(31)37)8-4-5-9-25)12-15(33)11-16(24)32-14-26-19-18(32)20(35)29(3)23(38)28(19)2/h14-16,33,39H,4-13H2,1-3H3,(H,27,37)/t15-,16-,24-/m1/s1. The zero-order chi connectivity index (χ0) is 28.3. The van der Waals surface area contributed by atoms with Gasteiger partial charge in [-0.25, -0.2) is 14.6 Å². The number of aliphatic hydroxyl groups excluding tert-OH is 1. The molecular formula is C25H35N7O7. The highest BCUT2D eigenvalue weighted by Crippen LogP contribution is 2.36. The zero-order valence-corrected chi connectivity index (χ0v) is 22.4. The molecule has 212 valence electrons. The first-order chi connectivity index (χ1) is 18.4. The molecule has 2 aromatic rings. The van der Waals surface area contributed by atoms with Crippen molar-refractivity contribution in [2.75, 3.05) is 19.6 Å². The van der Waals surface area contributed by atoms with Gasteiger partial charge < -0.3 is 25.0 Å². The van der Waals surface area contributed by atoms with Crippen molar-refractivity contribution < 1.29 is 24.6 Å². The molecular weight excluding hydrogens is 510 g/mol. The summed E-state index contributed by atoms with van der Waals surface area (Å²) < 4.78 is 3.67. The van der Waals surface area contributed by atoms with Gasteiger partial charge in [0.15, 0.2) is 11.2 Å². The van der Waals surface area contributed by atoms with Gasteiger partial charge in [-0.15, -0.1) is 0 Å². The smallest absolute Gasteiger partial charge is 0.332 e. The van der Waals surface area contributed by atoms with Gasteiger partial charge in [-0.05, 0) is 32.6 Å². The van der Waals surface area contributed by atoms with E-state index in [2.05, 4.69) is 10.3 Å².